The molecule has 0 saturated heterocycles. The molecule has 1 aromatic heterocycles. The zero-order valence-corrected chi connectivity index (χ0v) is 13.4. The smallest absolute Gasteiger partial charge is 0.226 e. The van der Waals surface area contributed by atoms with Crippen LogP contribution in [0.15, 0.2) is 42.7 Å². The van der Waals surface area contributed by atoms with Gasteiger partial charge in [-0.3, -0.25) is 9.48 Å². The van der Waals surface area contributed by atoms with Crippen molar-refractivity contribution in [2.45, 2.75) is 13.0 Å². The molecule has 0 aliphatic rings. The van der Waals surface area contributed by atoms with Crippen molar-refractivity contribution >= 4 is 36.4 Å². The summed E-state index contributed by atoms with van der Waals surface area (Å²) in [4.78, 5) is 13.7. The van der Waals surface area contributed by atoms with Crippen LogP contribution in [0.3, 0.4) is 0 Å². The minimum Gasteiger partial charge on any atom is -0.399 e. The number of carbonyl (C=O) groups excluding carboxylic acids is 1. The number of rotatable bonds is 5. The maximum Gasteiger partial charge on any atom is 0.226 e. The highest BCUT2D eigenvalue weighted by Gasteiger charge is 2.09. The van der Waals surface area contributed by atoms with Crippen LogP contribution in [0.4, 0.5) is 5.69 Å². The SMILES string of the molecule is CN(CCn1cccn1)C(=O)Cc1ccc(N)cc1.Cl.Cl. The minimum absolute atomic E-state index is 0. The Kier molecular flexibility index (Phi) is 8.50. The number of nitrogens with zero attached hydrogens (tertiary/aromatic N) is 3. The fourth-order valence-electron chi connectivity index (χ4n) is 1.75. The predicted molar refractivity (Wildman–Crippen MR) is 88.9 cm³/mol. The highest BCUT2D eigenvalue weighted by atomic mass is 35.5. The lowest BCUT2D eigenvalue weighted by Gasteiger charge is -2.17. The number of nitrogen functional groups attached to an aromatic ring is 1. The number of likely N-dealkylation sites (N-methyl/N-ethyl adjacent to an activating group) is 1. The van der Waals surface area contributed by atoms with E-state index in [-0.39, 0.29) is 30.7 Å². The Morgan fingerprint density at radius 2 is 1.95 bits per heavy atom. The first kappa shape index (κ1) is 19.3. The van der Waals surface area contributed by atoms with Crippen LogP contribution < -0.4 is 5.73 Å². The van der Waals surface area contributed by atoms with Gasteiger partial charge in [0.2, 0.25) is 5.91 Å². The molecule has 116 valence electrons. The number of nitrogens with two attached hydrogens (primary N) is 1. The number of hydrogen-bond donors (Lipinski definition) is 1. The zero-order chi connectivity index (χ0) is 13.7. The molecule has 21 heavy (non-hydrogen) atoms. The van der Waals surface area contributed by atoms with Gasteiger partial charge in [-0.05, 0) is 23.8 Å². The van der Waals surface area contributed by atoms with E-state index in [9.17, 15) is 4.79 Å². The van der Waals surface area contributed by atoms with Crippen molar-refractivity contribution in [3.05, 3.63) is 48.3 Å². The van der Waals surface area contributed by atoms with Crippen molar-refractivity contribution in [1.29, 1.82) is 0 Å². The fraction of sp³-hybridized carbons (Fsp3) is 0.286. The molecule has 1 heterocycles. The van der Waals surface area contributed by atoms with Gasteiger partial charge >= 0.3 is 0 Å². The van der Waals surface area contributed by atoms with Gasteiger partial charge in [0.05, 0.1) is 13.0 Å². The van der Waals surface area contributed by atoms with Gasteiger partial charge in [-0.1, -0.05) is 12.1 Å². The van der Waals surface area contributed by atoms with Crippen LogP contribution >= 0.6 is 24.8 Å². The quantitative estimate of drug-likeness (QED) is 0.853. The molecule has 0 bridgehead atoms. The van der Waals surface area contributed by atoms with Gasteiger partial charge in [0.1, 0.15) is 0 Å². The van der Waals surface area contributed by atoms with Crippen LogP contribution in [0.2, 0.25) is 0 Å². The molecule has 5 nitrogen and oxygen atoms in total. The standard InChI is InChI=1S/C14H18N4O.2ClH/c1-17(9-10-18-8-2-7-16-18)14(19)11-12-3-5-13(15)6-4-12;;/h2-8H,9-11,15H2,1H3;2*1H. The van der Waals surface area contributed by atoms with Crippen LogP contribution in [-0.2, 0) is 17.8 Å². The van der Waals surface area contributed by atoms with Crippen molar-refractivity contribution in [3.63, 3.8) is 0 Å². The summed E-state index contributed by atoms with van der Waals surface area (Å²) in [5, 5.41) is 4.11. The summed E-state index contributed by atoms with van der Waals surface area (Å²) in [6.07, 6.45) is 4.02. The van der Waals surface area contributed by atoms with Gasteiger partial charge in [-0.15, -0.1) is 24.8 Å². The van der Waals surface area contributed by atoms with Crippen LogP contribution in [0.5, 0.6) is 0 Å². The number of halogens is 2. The summed E-state index contributed by atoms with van der Waals surface area (Å²) in [5.74, 6) is 0.0944. The summed E-state index contributed by atoms with van der Waals surface area (Å²) in [7, 11) is 1.81. The molecular weight excluding hydrogens is 311 g/mol. The first-order chi connectivity index (χ1) is 9.15. The maximum atomic E-state index is 12.0. The third-order valence-corrected chi connectivity index (χ3v) is 2.98. The molecule has 1 aromatic carbocycles. The largest absolute Gasteiger partial charge is 0.399 e. The Morgan fingerprint density at radius 3 is 2.52 bits per heavy atom. The van der Waals surface area contributed by atoms with Crippen LogP contribution in [-0.4, -0.2) is 34.2 Å². The highest BCUT2D eigenvalue weighted by Crippen LogP contribution is 2.07. The Hall–Kier alpha value is -1.72. The molecule has 0 atom stereocenters. The second-order valence-electron chi connectivity index (χ2n) is 4.50. The van der Waals surface area contributed by atoms with Gasteiger partial charge in [0.15, 0.2) is 0 Å². The summed E-state index contributed by atoms with van der Waals surface area (Å²) in [5.41, 5.74) is 7.30. The van der Waals surface area contributed by atoms with Crippen molar-refractivity contribution < 1.29 is 4.79 Å². The third-order valence-electron chi connectivity index (χ3n) is 2.98. The Balaban J connectivity index is 0.00000200. The Morgan fingerprint density at radius 1 is 1.29 bits per heavy atom. The van der Waals surface area contributed by atoms with Crippen molar-refractivity contribution in [3.8, 4) is 0 Å². The summed E-state index contributed by atoms with van der Waals surface area (Å²) in [6.45, 7) is 1.35. The van der Waals surface area contributed by atoms with E-state index in [0.717, 1.165) is 5.56 Å². The van der Waals surface area contributed by atoms with Crippen LogP contribution in [0.1, 0.15) is 5.56 Å². The molecule has 0 aliphatic carbocycles. The normalized spacial score (nSPS) is 9.38. The molecular formula is C14H20Cl2N4O. The van der Waals surface area contributed by atoms with E-state index in [1.807, 2.05) is 48.3 Å². The summed E-state index contributed by atoms with van der Waals surface area (Å²) in [6, 6.07) is 9.26. The number of carbonyl (C=O) groups is 1. The van der Waals surface area contributed by atoms with Gasteiger partial charge in [0.25, 0.3) is 0 Å². The van der Waals surface area contributed by atoms with Crippen molar-refractivity contribution in [1.82, 2.24) is 14.7 Å². The number of anilines is 1. The van der Waals surface area contributed by atoms with E-state index in [4.69, 9.17) is 5.73 Å². The van der Waals surface area contributed by atoms with E-state index in [2.05, 4.69) is 5.10 Å². The first-order valence-corrected chi connectivity index (χ1v) is 6.21. The minimum atomic E-state index is 0. The molecule has 2 N–H and O–H groups in total. The van der Waals surface area contributed by atoms with E-state index in [1.54, 1.807) is 11.1 Å². The molecule has 2 rings (SSSR count). The molecule has 0 fully saturated rings. The van der Waals surface area contributed by atoms with Crippen LogP contribution in [0, 0.1) is 0 Å². The number of amides is 1. The fourth-order valence-corrected chi connectivity index (χ4v) is 1.75. The molecule has 0 unspecified atom stereocenters. The Bertz CT molecular complexity index is 528. The predicted octanol–water partition coefficient (Wildman–Crippen LogP) is 2.01. The monoisotopic (exact) mass is 330 g/mol. The number of hydrogen-bond acceptors (Lipinski definition) is 3. The van der Waals surface area contributed by atoms with E-state index in [0.29, 0.717) is 25.2 Å². The molecule has 0 aliphatic heterocycles. The lowest BCUT2D eigenvalue weighted by atomic mass is 10.1. The zero-order valence-electron chi connectivity index (χ0n) is 11.8. The van der Waals surface area contributed by atoms with E-state index >= 15 is 0 Å². The van der Waals surface area contributed by atoms with Crippen LogP contribution in [0.25, 0.3) is 0 Å². The molecule has 0 saturated carbocycles. The lowest BCUT2D eigenvalue weighted by molar-refractivity contribution is -0.129. The maximum absolute atomic E-state index is 12.0. The second-order valence-corrected chi connectivity index (χ2v) is 4.50. The highest BCUT2D eigenvalue weighted by molar-refractivity contribution is 5.85. The van der Waals surface area contributed by atoms with Gasteiger partial charge < -0.3 is 10.6 Å². The van der Waals surface area contributed by atoms with Crippen molar-refractivity contribution in [2.24, 2.45) is 0 Å². The molecule has 0 radical (unpaired) electrons. The van der Waals surface area contributed by atoms with E-state index < -0.39 is 0 Å². The molecule has 2 aromatic rings. The lowest BCUT2D eigenvalue weighted by Crippen LogP contribution is -2.31. The molecule has 1 amide bonds. The van der Waals surface area contributed by atoms with Gasteiger partial charge in [-0.2, -0.15) is 5.10 Å². The number of aromatic nitrogens is 2. The van der Waals surface area contributed by atoms with Gasteiger partial charge in [-0.25, -0.2) is 0 Å². The number of benzene rings is 1. The third kappa shape index (κ3) is 6.06. The average Bonchev–Trinajstić information content (AvgIpc) is 2.91. The summed E-state index contributed by atoms with van der Waals surface area (Å²) >= 11 is 0. The first-order valence-electron chi connectivity index (χ1n) is 6.21. The van der Waals surface area contributed by atoms with Gasteiger partial charge in [0, 0.05) is 31.7 Å². The summed E-state index contributed by atoms with van der Waals surface area (Å²) < 4.78 is 1.81. The topological polar surface area (TPSA) is 64.2 Å². The van der Waals surface area contributed by atoms with E-state index in [1.165, 1.54) is 0 Å². The Labute approximate surface area is 136 Å². The average molecular weight is 331 g/mol. The van der Waals surface area contributed by atoms with Crippen molar-refractivity contribution in [2.75, 3.05) is 19.3 Å². The molecule has 0 spiro atoms. The second kappa shape index (κ2) is 9.26. The molecule has 7 heteroatoms.